The lowest BCUT2D eigenvalue weighted by Crippen LogP contribution is -2.17. The third-order valence-corrected chi connectivity index (χ3v) is 6.05. The highest BCUT2D eigenvalue weighted by molar-refractivity contribution is 5.93. The molecule has 9 heteroatoms. The summed E-state index contributed by atoms with van der Waals surface area (Å²) in [5.74, 6) is -0.0884. The molecule has 4 heterocycles. The van der Waals surface area contributed by atoms with E-state index in [-0.39, 0.29) is 17.6 Å². The monoisotopic (exact) mass is 507 g/mol. The molecule has 0 aliphatic heterocycles. The second-order valence-corrected chi connectivity index (χ2v) is 9.13. The Morgan fingerprint density at radius 3 is 2.71 bits per heavy atom. The van der Waals surface area contributed by atoms with E-state index in [9.17, 15) is 9.18 Å². The number of allylic oxidation sites excluding steroid dienone is 2. The van der Waals surface area contributed by atoms with Crippen molar-refractivity contribution in [1.29, 1.82) is 0 Å². The molecule has 0 bridgehead atoms. The normalized spacial score (nSPS) is 11.8. The van der Waals surface area contributed by atoms with Gasteiger partial charge >= 0.3 is 0 Å². The molecule has 0 unspecified atom stereocenters. The second kappa shape index (κ2) is 10.2. The number of H-pyrrole nitrogens is 2. The second-order valence-electron chi connectivity index (χ2n) is 9.13. The fraction of sp³-hybridized carbons (Fsp3) is 0.138. The number of pyridine rings is 2. The lowest BCUT2D eigenvalue weighted by atomic mass is 10.0. The van der Waals surface area contributed by atoms with Gasteiger partial charge in [0.05, 0.1) is 28.8 Å². The smallest absolute Gasteiger partial charge is 0.226 e. The van der Waals surface area contributed by atoms with Crippen LogP contribution in [0.25, 0.3) is 39.4 Å². The van der Waals surface area contributed by atoms with Crippen LogP contribution in [0.2, 0.25) is 0 Å². The molecular weight excluding hydrogens is 481 g/mol. The molecule has 1 amide bonds. The van der Waals surface area contributed by atoms with Crippen LogP contribution in [-0.2, 0) is 4.79 Å². The molecular formula is C29H26FN7O. The molecule has 38 heavy (non-hydrogen) atoms. The van der Waals surface area contributed by atoms with Crippen LogP contribution in [0.15, 0.2) is 73.6 Å². The van der Waals surface area contributed by atoms with Crippen LogP contribution in [0.5, 0.6) is 0 Å². The van der Waals surface area contributed by atoms with Gasteiger partial charge in [0.1, 0.15) is 11.3 Å². The SMILES string of the molecule is C=C/C=C(/c1ccccc1F)c1nc(-c2n[nH]c3ccc(-c4cncc(NC(=O)C(C)C)c4)nc23)[nH]c1C. The zero-order chi connectivity index (χ0) is 26.8. The van der Waals surface area contributed by atoms with Gasteiger partial charge in [0, 0.05) is 34.5 Å². The maximum absolute atomic E-state index is 14.6. The fourth-order valence-electron chi connectivity index (χ4n) is 4.09. The van der Waals surface area contributed by atoms with E-state index in [4.69, 9.17) is 9.97 Å². The van der Waals surface area contributed by atoms with Crippen molar-refractivity contribution in [3.63, 3.8) is 0 Å². The number of nitrogens with zero attached hydrogens (tertiary/aromatic N) is 4. The van der Waals surface area contributed by atoms with Gasteiger partial charge in [-0.2, -0.15) is 5.10 Å². The zero-order valence-electron chi connectivity index (χ0n) is 21.2. The van der Waals surface area contributed by atoms with E-state index in [1.165, 1.54) is 6.07 Å². The Morgan fingerprint density at radius 1 is 1.13 bits per heavy atom. The number of hydrogen-bond donors (Lipinski definition) is 3. The van der Waals surface area contributed by atoms with Gasteiger partial charge in [-0.3, -0.25) is 14.9 Å². The van der Waals surface area contributed by atoms with Crippen LogP contribution in [0.4, 0.5) is 10.1 Å². The van der Waals surface area contributed by atoms with Gasteiger partial charge in [-0.25, -0.2) is 14.4 Å². The number of halogens is 1. The number of hydrogen-bond acceptors (Lipinski definition) is 5. The average molecular weight is 508 g/mol. The van der Waals surface area contributed by atoms with E-state index >= 15 is 0 Å². The van der Waals surface area contributed by atoms with E-state index in [0.717, 1.165) is 16.8 Å². The molecule has 0 aliphatic carbocycles. The summed E-state index contributed by atoms with van der Waals surface area (Å²) in [4.78, 5) is 29.3. The number of rotatable bonds is 7. The molecule has 0 atom stereocenters. The molecule has 0 radical (unpaired) electrons. The minimum absolute atomic E-state index is 0.0891. The topological polar surface area (TPSA) is 112 Å². The first kappa shape index (κ1) is 24.8. The van der Waals surface area contributed by atoms with Crippen molar-refractivity contribution in [2.75, 3.05) is 5.32 Å². The Labute approximate surface area is 218 Å². The van der Waals surface area contributed by atoms with Crippen molar-refractivity contribution in [3.05, 3.63) is 96.4 Å². The Bertz CT molecular complexity index is 1700. The Hall–Kier alpha value is -4.92. The number of carbonyl (C=O) groups is 1. The number of nitrogens with one attached hydrogen (secondary N) is 3. The van der Waals surface area contributed by atoms with Crippen LogP contribution in [-0.4, -0.2) is 36.0 Å². The lowest BCUT2D eigenvalue weighted by Gasteiger charge is -2.08. The molecule has 190 valence electrons. The Kier molecular flexibility index (Phi) is 6.66. The van der Waals surface area contributed by atoms with E-state index in [0.29, 0.717) is 45.2 Å². The number of benzene rings is 1. The number of anilines is 1. The molecule has 0 saturated carbocycles. The average Bonchev–Trinajstić information content (AvgIpc) is 3.50. The molecule has 0 fully saturated rings. The van der Waals surface area contributed by atoms with Gasteiger partial charge in [0.25, 0.3) is 0 Å². The lowest BCUT2D eigenvalue weighted by molar-refractivity contribution is -0.118. The quantitative estimate of drug-likeness (QED) is 0.232. The van der Waals surface area contributed by atoms with Gasteiger partial charge < -0.3 is 10.3 Å². The first-order valence-electron chi connectivity index (χ1n) is 12.1. The predicted octanol–water partition coefficient (Wildman–Crippen LogP) is 6.07. The van der Waals surface area contributed by atoms with E-state index < -0.39 is 0 Å². The number of imidazole rings is 1. The number of carbonyl (C=O) groups excluding carboxylic acids is 1. The third-order valence-electron chi connectivity index (χ3n) is 6.05. The number of aromatic amines is 2. The minimum Gasteiger partial charge on any atom is -0.340 e. The predicted molar refractivity (Wildman–Crippen MR) is 147 cm³/mol. The Morgan fingerprint density at radius 2 is 1.95 bits per heavy atom. The zero-order valence-corrected chi connectivity index (χ0v) is 21.2. The van der Waals surface area contributed by atoms with Crippen LogP contribution < -0.4 is 5.32 Å². The van der Waals surface area contributed by atoms with Gasteiger partial charge in [0.2, 0.25) is 5.91 Å². The molecule has 4 aromatic heterocycles. The van der Waals surface area contributed by atoms with Crippen molar-refractivity contribution in [3.8, 4) is 22.8 Å². The van der Waals surface area contributed by atoms with Crippen molar-refractivity contribution in [2.24, 2.45) is 5.92 Å². The van der Waals surface area contributed by atoms with E-state index in [2.05, 4.69) is 32.1 Å². The molecule has 1 aromatic carbocycles. The van der Waals surface area contributed by atoms with Crippen molar-refractivity contribution in [2.45, 2.75) is 20.8 Å². The van der Waals surface area contributed by atoms with Crippen LogP contribution in [0, 0.1) is 18.7 Å². The standard InChI is InChI=1S/C29H26FN7O/c1-5-8-21(20-9-6-7-10-22(20)30)25-17(4)32-28(35-25)27-26-24(36-37-27)12-11-23(34-26)18-13-19(15-31-14-18)33-29(38)16(2)3/h5-16H,1H2,2-4H3,(H,32,35)(H,33,38)(H,36,37)/b21-8-. The Balaban J connectivity index is 1.55. The first-order valence-corrected chi connectivity index (χ1v) is 12.1. The summed E-state index contributed by atoms with van der Waals surface area (Å²) in [7, 11) is 0. The first-order chi connectivity index (χ1) is 18.4. The number of aromatic nitrogens is 6. The van der Waals surface area contributed by atoms with Gasteiger partial charge in [-0.15, -0.1) is 0 Å². The van der Waals surface area contributed by atoms with Crippen molar-refractivity contribution in [1.82, 2.24) is 30.1 Å². The van der Waals surface area contributed by atoms with Crippen LogP contribution in [0.1, 0.15) is 30.8 Å². The molecule has 0 spiro atoms. The molecule has 0 aliphatic rings. The van der Waals surface area contributed by atoms with Crippen molar-refractivity contribution >= 4 is 28.2 Å². The highest BCUT2D eigenvalue weighted by Crippen LogP contribution is 2.31. The highest BCUT2D eigenvalue weighted by atomic mass is 19.1. The molecule has 5 rings (SSSR count). The number of aryl methyl sites for hydroxylation is 1. The maximum Gasteiger partial charge on any atom is 0.226 e. The molecule has 3 N–H and O–H groups in total. The number of fused-ring (bicyclic) bond motifs is 1. The van der Waals surface area contributed by atoms with Crippen LogP contribution in [0.3, 0.4) is 0 Å². The molecule has 8 nitrogen and oxygen atoms in total. The van der Waals surface area contributed by atoms with Gasteiger partial charge in [-0.05, 0) is 31.2 Å². The molecule has 0 saturated heterocycles. The van der Waals surface area contributed by atoms with Gasteiger partial charge in [0.15, 0.2) is 11.5 Å². The summed E-state index contributed by atoms with van der Waals surface area (Å²) in [5.41, 5.74) is 6.25. The van der Waals surface area contributed by atoms with Crippen LogP contribution >= 0.6 is 0 Å². The van der Waals surface area contributed by atoms with Gasteiger partial charge in [-0.1, -0.05) is 50.8 Å². The minimum atomic E-state index is -0.346. The largest absolute Gasteiger partial charge is 0.340 e. The van der Waals surface area contributed by atoms with E-state index in [1.807, 2.05) is 39.0 Å². The summed E-state index contributed by atoms with van der Waals surface area (Å²) >= 11 is 0. The summed E-state index contributed by atoms with van der Waals surface area (Å²) in [6, 6.07) is 12.1. The summed E-state index contributed by atoms with van der Waals surface area (Å²) in [6.45, 7) is 9.32. The van der Waals surface area contributed by atoms with E-state index in [1.54, 1.807) is 42.7 Å². The number of amides is 1. The van der Waals surface area contributed by atoms with Crippen molar-refractivity contribution < 1.29 is 9.18 Å². The maximum atomic E-state index is 14.6. The third kappa shape index (κ3) is 4.73. The molecule has 5 aromatic rings. The fourth-order valence-corrected chi connectivity index (χ4v) is 4.09. The highest BCUT2D eigenvalue weighted by Gasteiger charge is 2.20. The summed E-state index contributed by atoms with van der Waals surface area (Å²) < 4.78 is 14.6. The summed E-state index contributed by atoms with van der Waals surface area (Å²) in [5, 5.41) is 10.3. The summed E-state index contributed by atoms with van der Waals surface area (Å²) in [6.07, 6.45) is 6.64.